The van der Waals surface area contributed by atoms with Crippen LogP contribution in [0.5, 0.6) is 5.75 Å². The summed E-state index contributed by atoms with van der Waals surface area (Å²) in [6.45, 7) is 4.34. The number of carbonyl (C=O) groups is 1. The van der Waals surface area contributed by atoms with Crippen LogP contribution >= 0.6 is 0 Å². The molecule has 0 radical (unpaired) electrons. The van der Waals surface area contributed by atoms with Crippen molar-refractivity contribution in [2.45, 2.75) is 38.5 Å². The van der Waals surface area contributed by atoms with Crippen molar-refractivity contribution in [1.82, 2.24) is 4.98 Å². The van der Waals surface area contributed by atoms with Crippen molar-refractivity contribution in [3.8, 4) is 5.75 Å². The average molecular weight is 379 g/mol. The zero-order valence-corrected chi connectivity index (χ0v) is 15.8. The number of carboxylic acids is 1. The minimum atomic E-state index is -1.09. The fourth-order valence-corrected chi connectivity index (χ4v) is 3.42. The largest absolute Gasteiger partial charge is 0.486 e. The van der Waals surface area contributed by atoms with E-state index in [0.717, 1.165) is 24.1 Å². The zero-order valence-electron chi connectivity index (χ0n) is 15.8. The van der Waals surface area contributed by atoms with Crippen molar-refractivity contribution >= 4 is 16.9 Å². The highest BCUT2D eigenvalue weighted by molar-refractivity contribution is 5.93. The Bertz CT molecular complexity index is 1100. The predicted octanol–water partition coefficient (Wildman–Crippen LogP) is 4.25. The second-order valence-corrected chi connectivity index (χ2v) is 7.20. The molecule has 1 aromatic carbocycles. The molecule has 28 heavy (non-hydrogen) atoms. The number of hydrogen-bond donors (Lipinski definition) is 1. The molecule has 4 rings (SSSR count). The van der Waals surface area contributed by atoms with Crippen molar-refractivity contribution < 1.29 is 19.1 Å². The van der Waals surface area contributed by atoms with Crippen LogP contribution in [0.2, 0.25) is 0 Å². The van der Waals surface area contributed by atoms with Crippen molar-refractivity contribution in [3.05, 3.63) is 69.3 Å². The Kier molecular flexibility index (Phi) is 4.63. The summed E-state index contributed by atoms with van der Waals surface area (Å²) < 4.78 is 11.8. The molecule has 2 atom stereocenters. The number of fused-ring (bicyclic) bond motifs is 1. The lowest BCUT2D eigenvalue weighted by Crippen LogP contribution is -2.13. The van der Waals surface area contributed by atoms with E-state index >= 15 is 0 Å². The molecular weight excluding hydrogens is 358 g/mol. The Morgan fingerprint density at radius 3 is 2.79 bits per heavy atom. The number of ether oxygens (including phenoxy) is 1. The molecule has 0 spiro atoms. The van der Waals surface area contributed by atoms with Crippen molar-refractivity contribution in [1.29, 1.82) is 0 Å². The number of aryl methyl sites for hydroxylation is 1. The Hall–Kier alpha value is -3.15. The van der Waals surface area contributed by atoms with Crippen LogP contribution in [0.4, 0.5) is 0 Å². The molecule has 6 nitrogen and oxygen atoms in total. The molecule has 2 heterocycles. The number of hydrogen-bond acceptors (Lipinski definition) is 5. The minimum Gasteiger partial charge on any atom is -0.486 e. The molecule has 1 N–H and O–H groups in total. The van der Waals surface area contributed by atoms with Crippen molar-refractivity contribution in [3.63, 3.8) is 0 Å². The SMILES string of the molecule is CCCOc1c([C@@H]2C[C@H]2c2ccc(C)cn2)oc2ccc(C(=O)O)cc2c1=O. The van der Waals surface area contributed by atoms with Gasteiger partial charge in [-0.25, -0.2) is 4.79 Å². The molecule has 1 fully saturated rings. The quantitative estimate of drug-likeness (QED) is 0.688. The van der Waals surface area contributed by atoms with E-state index in [1.807, 2.05) is 32.2 Å². The summed E-state index contributed by atoms with van der Waals surface area (Å²) in [7, 11) is 0. The molecule has 0 unspecified atom stereocenters. The number of rotatable bonds is 6. The van der Waals surface area contributed by atoms with Crippen LogP contribution in [-0.2, 0) is 0 Å². The van der Waals surface area contributed by atoms with Crippen LogP contribution in [0.25, 0.3) is 11.0 Å². The first-order valence-electron chi connectivity index (χ1n) is 9.39. The van der Waals surface area contributed by atoms with E-state index in [1.54, 1.807) is 0 Å². The van der Waals surface area contributed by atoms with Gasteiger partial charge in [0.1, 0.15) is 5.58 Å². The molecule has 0 bridgehead atoms. The van der Waals surface area contributed by atoms with E-state index in [2.05, 4.69) is 4.98 Å². The lowest BCUT2D eigenvalue weighted by atomic mass is 10.1. The molecule has 6 heteroatoms. The summed E-state index contributed by atoms with van der Waals surface area (Å²) in [6, 6.07) is 8.35. The van der Waals surface area contributed by atoms with Crippen molar-refractivity contribution in [2.75, 3.05) is 6.61 Å². The number of nitrogens with zero attached hydrogens (tertiary/aromatic N) is 1. The molecule has 1 aliphatic carbocycles. The van der Waals surface area contributed by atoms with Gasteiger partial charge in [-0.2, -0.15) is 0 Å². The van der Waals surface area contributed by atoms with Crippen molar-refractivity contribution in [2.24, 2.45) is 0 Å². The third-order valence-corrected chi connectivity index (χ3v) is 5.01. The summed E-state index contributed by atoms with van der Waals surface area (Å²) in [5.41, 5.74) is 2.16. The maximum absolute atomic E-state index is 13.1. The molecule has 0 saturated heterocycles. The molecular formula is C22H21NO5. The van der Waals surface area contributed by atoms with E-state index in [0.29, 0.717) is 18.0 Å². The highest BCUT2D eigenvalue weighted by atomic mass is 16.5. The molecule has 2 aromatic heterocycles. The molecule has 1 saturated carbocycles. The lowest BCUT2D eigenvalue weighted by molar-refractivity contribution is 0.0697. The first-order valence-corrected chi connectivity index (χ1v) is 9.39. The Labute approximate surface area is 161 Å². The Morgan fingerprint density at radius 2 is 2.11 bits per heavy atom. The van der Waals surface area contributed by atoms with E-state index in [-0.39, 0.29) is 34.0 Å². The van der Waals surface area contributed by atoms with E-state index in [4.69, 9.17) is 9.15 Å². The maximum atomic E-state index is 13.1. The highest BCUT2D eigenvalue weighted by Crippen LogP contribution is 2.56. The first kappa shape index (κ1) is 18.2. The molecule has 3 aromatic rings. The number of pyridine rings is 1. The summed E-state index contributed by atoms with van der Waals surface area (Å²) >= 11 is 0. The fourth-order valence-electron chi connectivity index (χ4n) is 3.42. The summed E-state index contributed by atoms with van der Waals surface area (Å²) in [4.78, 5) is 28.8. The van der Waals surface area contributed by atoms with Gasteiger partial charge in [0.2, 0.25) is 11.2 Å². The van der Waals surface area contributed by atoms with E-state index in [1.165, 1.54) is 18.2 Å². The fraction of sp³-hybridized carbons (Fsp3) is 0.318. The average Bonchev–Trinajstić information content (AvgIpc) is 3.48. The second-order valence-electron chi connectivity index (χ2n) is 7.20. The van der Waals surface area contributed by atoms with Crippen LogP contribution < -0.4 is 10.2 Å². The van der Waals surface area contributed by atoms with Gasteiger partial charge in [-0.3, -0.25) is 9.78 Å². The number of aromatic nitrogens is 1. The van der Waals surface area contributed by atoms with Gasteiger partial charge in [0, 0.05) is 23.7 Å². The zero-order chi connectivity index (χ0) is 19.8. The van der Waals surface area contributed by atoms with Crippen LogP contribution in [0.15, 0.2) is 45.7 Å². The molecule has 0 amide bonds. The van der Waals surface area contributed by atoms with Gasteiger partial charge in [0.15, 0.2) is 5.76 Å². The Morgan fingerprint density at radius 1 is 1.29 bits per heavy atom. The van der Waals surface area contributed by atoms with Gasteiger partial charge in [-0.05, 0) is 49.6 Å². The van der Waals surface area contributed by atoms with E-state index in [9.17, 15) is 14.7 Å². The van der Waals surface area contributed by atoms with Gasteiger partial charge in [0.05, 0.1) is 17.6 Å². The van der Waals surface area contributed by atoms with Gasteiger partial charge in [-0.1, -0.05) is 13.0 Å². The third-order valence-electron chi connectivity index (χ3n) is 5.01. The number of aromatic carboxylic acids is 1. The standard InChI is InChI=1S/C22H21NO5/c1-3-8-27-21-19(24)16-9-13(22(25)26)5-7-18(16)28-20(21)15-10-14(15)17-6-4-12(2)11-23-17/h4-7,9,11,14-15H,3,8,10H2,1-2H3,(H,25,26)/t14-,15-/m1/s1. The van der Waals surface area contributed by atoms with Crippen LogP contribution in [-0.4, -0.2) is 22.7 Å². The maximum Gasteiger partial charge on any atom is 0.335 e. The Balaban J connectivity index is 1.78. The minimum absolute atomic E-state index is 0.0262. The number of carboxylic acid groups (broad SMARTS) is 1. The topological polar surface area (TPSA) is 89.6 Å². The molecule has 0 aliphatic heterocycles. The van der Waals surface area contributed by atoms with Gasteiger partial charge < -0.3 is 14.3 Å². The smallest absolute Gasteiger partial charge is 0.335 e. The normalized spacial score (nSPS) is 18.2. The van der Waals surface area contributed by atoms with Crippen LogP contribution in [0.3, 0.4) is 0 Å². The third kappa shape index (κ3) is 3.26. The highest BCUT2D eigenvalue weighted by Gasteiger charge is 2.45. The predicted molar refractivity (Wildman–Crippen MR) is 104 cm³/mol. The summed E-state index contributed by atoms with van der Waals surface area (Å²) in [5, 5.41) is 9.43. The first-order chi connectivity index (χ1) is 13.5. The monoisotopic (exact) mass is 379 g/mol. The lowest BCUT2D eigenvalue weighted by Gasteiger charge is -2.11. The summed E-state index contributed by atoms with van der Waals surface area (Å²) in [6.07, 6.45) is 3.42. The van der Waals surface area contributed by atoms with Crippen LogP contribution in [0.1, 0.15) is 59.0 Å². The molecule has 144 valence electrons. The van der Waals surface area contributed by atoms with Gasteiger partial charge in [-0.15, -0.1) is 0 Å². The van der Waals surface area contributed by atoms with E-state index < -0.39 is 5.97 Å². The van der Waals surface area contributed by atoms with Gasteiger partial charge >= 0.3 is 5.97 Å². The molecule has 1 aliphatic rings. The number of benzene rings is 1. The summed E-state index contributed by atoms with van der Waals surface area (Å²) in [5.74, 6) is -0.159. The van der Waals surface area contributed by atoms with Crippen LogP contribution in [0, 0.1) is 6.92 Å². The van der Waals surface area contributed by atoms with Gasteiger partial charge in [0.25, 0.3) is 0 Å². The second kappa shape index (κ2) is 7.11.